The summed E-state index contributed by atoms with van der Waals surface area (Å²) in [6.07, 6.45) is 0. The van der Waals surface area contributed by atoms with E-state index in [0.717, 1.165) is 17.3 Å². The van der Waals surface area contributed by atoms with Gasteiger partial charge in [0.25, 0.3) is 0 Å². The summed E-state index contributed by atoms with van der Waals surface area (Å²) >= 11 is 6.08. The van der Waals surface area contributed by atoms with Crippen molar-refractivity contribution in [3.63, 3.8) is 0 Å². The van der Waals surface area contributed by atoms with E-state index in [-0.39, 0.29) is 0 Å². The van der Waals surface area contributed by atoms with Gasteiger partial charge in [-0.1, -0.05) is 41.9 Å². The molecule has 0 saturated carbocycles. The van der Waals surface area contributed by atoms with Gasteiger partial charge in [0.05, 0.1) is 0 Å². The molecule has 2 nitrogen and oxygen atoms in total. The minimum Gasteiger partial charge on any atom is -0.383 e. The van der Waals surface area contributed by atoms with Gasteiger partial charge in [0.15, 0.2) is 0 Å². The lowest BCUT2D eigenvalue weighted by molar-refractivity contribution is 0.205. The molecule has 0 heterocycles. The van der Waals surface area contributed by atoms with Crippen LogP contribution in [0.25, 0.3) is 0 Å². The van der Waals surface area contributed by atoms with E-state index in [1.807, 2.05) is 36.4 Å². The minimum atomic E-state index is 0.330. The molecule has 0 bridgehead atoms. The lowest BCUT2D eigenvalue weighted by Gasteiger charge is -2.31. The van der Waals surface area contributed by atoms with Crippen LogP contribution in [0.2, 0.25) is 5.02 Å². The minimum absolute atomic E-state index is 0.330. The normalized spacial score (nSPS) is 14.0. The Morgan fingerprint density at radius 1 is 1.05 bits per heavy atom. The van der Waals surface area contributed by atoms with Crippen LogP contribution in [0.5, 0.6) is 0 Å². The lowest BCUT2D eigenvalue weighted by atomic mass is 10.1. The smallest absolute Gasteiger partial charge is 0.0409 e. The Balaban J connectivity index is 1.94. The predicted octanol–water partition coefficient (Wildman–Crippen LogP) is 4.83. The first-order chi connectivity index (χ1) is 10.1. The number of anilines is 1. The third-order valence-electron chi connectivity index (χ3n) is 4.01. The second-order valence-electron chi connectivity index (χ2n) is 5.49. The van der Waals surface area contributed by atoms with Gasteiger partial charge in [-0.05, 0) is 50.7 Å². The number of hydrogen-bond acceptors (Lipinski definition) is 2. The Morgan fingerprint density at radius 3 is 2.43 bits per heavy atom. The van der Waals surface area contributed by atoms with E-state index in [0.29, 0.717) is 12.1 Å². The average Bonchev–Trinajstić information content (AvgIpc) is 2.52. The van der Waals surface area contributed by atoms with E-state index < -0.39 is 0 Å². The number of nitrogens with zero attached hydrogens (tertiary/aromatic N) is 1. The van der Waals surface area contributed by atoms with Crippen LogP contribution >= 0.6 is 11.6 Å². The molecule has 0 amide bonds. The largest absolute Gasteiger partial charge is 0.383 e. The molecule has 0 aliphatic rings. The van der Waals surface area contributed by atoms with E-state index in [2.05, 4.69) is 49.3 Å². The van der Waals surface area contributed by atoms with Gasteiger partial charge in [0, 0.05) is 29.3 Å². The highest BCUT2D eigenvalue weighted by Gasteiger charge is 2.17. The topological polar surface area (TPSA) is 15.3 Å². The molecule has 3 heteroatoms. The fourth-order valence-electron chi connectivity index (χ4n) is 2.35. The van der Waals surface area contributed by atoms with Crippen molar-refractivity contribution >= 4 is 17.3 Å². The highest BCUT2D eigenvalue weighted by molar-refractivity contribution is 6.30. The number of para-hydroxylation sites is 1. The Morgan fingerprint density at radius 2 is 1.76 bits per heavy atom. The maximum Gasteiger partial charge on any atom is 0.0409 e. The van der Waals surface area contributed by atoms with Crippen LogP contribution < -0.4 is 5.32 Å². The van der Waals surface area contributed by atoms with Gasteiger partial charge in [-0.25, -0.2) is 0 Å². The third kappa shape index (κ3) is 4.48. The first-order valence-corrected chi connectivity index (χ1v) is 7.72. The van der Waals surface area contributed by atoms with Crippen molar-refractivity contribution in [2.45, 2.75) is 25.9 Å². The van der Waals surface area contributed by atoms with Gasteiger partial charge in [-0.15, -0.1) is 0 Å². The molecule has 0 fully saturated rings. The van der Waals surface area contributed by atoms with Crippen LogP contribution in [0.4, 0.5) is 5.69 Å². The number of likely N-dealkylation sites (N-methyl/N-ethyl adjacent to an activating group) is 1. The Labute approximate surface area is 132 Å². The Hall–Kier alpha value is -1.51. The monoisotopic (exact) mass is 302 g/mol. The molecule has 2 unspecified atom stereocenters. The summed E-state index contributed by atoms with van der Waals surface area (Å²) in [5, 5.41) is 4.27. The van der Waals surface area contributed by atoms with Gasteiger partial charge < -0.3 is 5.32 Å². The molecule has 0 saturated heterocycles. The van der Waals surface area contributed by atoms with Crippen molar-refractivity contribution in [1.82, 2.24) is 4.90 Å². The number of rotatable bonds is 6. The maximum atomic E-state index is 6.08. The van der Waals surface area contributed by atoms with E-state index in [9.17, 15) is 0 Å². The fraction of sp³-hybridized carbons (Fsp3) is 0.333. The molecule has 21 heavy (non-hydrogen) atoms. The van der Waals surface area contributed by atoms with Crippen LogP contribution in [0.1, 0.15) is 25.5 Å². The third-order valence-corrected chi connectivity index (χ3v) is 4.25. The van der Waals surface area contributed by atoms with Crippen LogP contribution in [0.3, 0.4) is 0 Å². The quantitative estimate of drug-likeness (QED) is 0.822. The van der Waals surface area contributed by atoms with Gasteiger partial charge in [-0.2, -0.15) is 0 Å². The van der Waals surface area contributed by atoms with Gasteiger partial charge in [0.2, 0.25) is 0 Å². The number of nitrogens with one attached hydrogen (secondary N) is 1. The zero-order chi connectivity index (χ0) is 15.2. The van der Waals surface area contributed by atoms with Gasteiger partial charge in [-0.3, -0.25) is 4.90 Å². The first-order valence-electron chi connectivity index (χ1n) is 7.34. The molecule has 2 rings (SSSR count). The van der Waals surface area contributed by atoms with Crippen LogP contribution in [-0.4, -0.2) is 24.5 Å². The predicted molar refractivity (Wildman–Crippen MR) is 92.0 cm³/mol. The highest BCUT2D eigenvalue weighted by Crippen LogP contribution is 2.23. The molecule has 0 aliphatic heterocycles. The van der Waals surface area contributed by atoms with Gasteiger partial charge in [0.1, 0.15) is 0 Å². The van der Waals surface area contributed by atoms with Crippen molar-refractivity contribution in [2.75, 3.05) is 18.9 Å². The van der Waals surface area contributed by atoms with Crippen LogP contribution in [0, 0.1) is 0 Å². The molecule has 0 aliphatic carbocycles. The fourth-order valence-corrected chi connectivity index (χ4v) is 2.55. The summed E-state index contributed by atoms with van der Waals surface area (Å²) in [5.74, 6) is 0. The summed E-state index contributed by atoms with van der Waals surface area (Å²) in [5.41, 5.74) is 2.41. The molecule has 0 spiro atoms. The standard InChI is InChI=1S/C18H23ClN2/c1-14(13-20-18-10-5-4-6-11-18)21(3)15(2)16-8-7-9-17(19)12-16/h4-12,14-15,20H,13H2,1-3H3. The van der Waals surface area contributed by atoms with Gasteiger partial charge >= 0.3 is 0 Å². The summed E-state index contributed by atoms with van der Waals surface area (Å²) in [6, 6.07) is 19.1. The zero-order valence-corrected chi connectivity index (χ0v) is 13.6. The van der Waals surface area contributed by atoms with E-state index in [1.54, 1.807) is 0 Å². The van der Waals surface area contributed by atoms with Crippen molar-refractivity contribution in [3.05, 3.63) is 65.2 Å². The average molecular weight is 303 g/mol. The zero-order valence-electron chi connectivity index (χ0n) is 12.9. The summed E-state index contributed by atoms with van der Waals surface area (Å²) in [4.78, 5) is 2.36. The number of hydrogen-bond donors (Lipinski definition) is 1. The molecule has 0 radical (unpaired) electrons. The molecule has 112 valence electrons. The maximum absolute atomic E-state index is 6.08. The molecular weight excluding hydrogens is 280 g/mol. The second-order valence-corrected chi connectivity index (χ2v) is 5.93. The lowest BCUT2D eigenvalue weighted by Crippen LogP contribution is -2.36. The van der Waals surface area contributed by atoms with Crippen molar-refractivity contribution in [1.29, 1.82) is 0 Å². The SMILES string of the molecule is CC(CNc1ccccc1)N(C)C(C)c1cccc(Cl)c1. The van der Waals surface area contributed by atoms with Crippen molar-refractivity contribution < 1.29 is 0 Å². The highest BCUT2D eigenvalue weighted by atomic mass is 35.5. The molecule has 2 atom stereocenters. The molecule has 2 aromatic carbocycles. The molecule has 1 N–H and O–H groups in total. The first kappa shape index (κ1) is 15.9. The van der Waals surface area contributed by atoms with Crippen LogP contribution in [-0.2, 0) is 0 Å². The Bertz CT molecular complexity index is 556. The number of halogens is 1. The molecular formula is C18H23ClN2. The summed E-state index contributed by atoms with van der Waals surface area (Å²) in [7, 11) is 2.16. The molecule has 0 aromatic heterocycles. The van der Waals surface area contributed by atoms with E-state index in [4.69, 9.17) is 11.6 Å². The molecule has 2 aromatic rings. The van der Waals surface area contributed by atoms with Crippen molar-refractivity contribution in [3.8, 4) is 0 Å². The van der Waals surface area contributed by atoms with E-state index in [1.165, 1.54) is 5.56 Å². The Kier molecular flexibility index (Phi) is 5.66. The van der Waals surface area contributed by atoms with Crippen molar-refractivity contribution in [2.24, 2.45) is 0 Å². The summed E-state index contributed by atoms with van der Waals surface area (Å²) < 4.78 is 0. The second kappa shape index (κ2) is 7.48. The van der Waals surface area contributed by atoms with E-state index >= 15 is 0 Å². The van der Waals surface area contributed by atoms with Crippen LogP contribution in [0.15, 0.2) is 54.6 Å². The number of benzene rings is 2. The summed E-state index contributed by atoms with van der Waals surface area (Å²) in [6.45, 7) is 5.35.